The summed E-state index contributed by atoms with van der Waals surface area (Å²) in [4.78, 5) is 0. The van der Waals surface area contributed by atoms with E-state index >= 15 is 0 Å². The van der Waals surface area contributed by atoms with E-state index in [4.69, 9.17) is 0 Å². The van der Waals surface area contributed by atoms with Crippen molar-refractivity contribution in [3.63, 3.8) is 0 Å². The number of halogens is 3. The molecule has 0 amide bonds. The van der Waals surface area contributed by atoms with Crippen LogP contribution in [-0.4, -0.2) is 5.33 Å². The Labute approximate surface area is 114 Å². The smallest absolute Gasteiger partial charge is 0.126 e. The van der Waals surface area contributed by atoms with E-state index in [1.165, 1.54) is 6.07 Å². The Morgan fingerprint density at radius 3 is 2.50 bits per heavy atom. The molecule has 16 heavy (non-hydrogen) atoms. The fourth-order valence-corrected chi connectivity index (χ4v) is 2.77. The van der Waals surface area contributed by atoms with Gasteiger partial charge in [0, 0.05) is 9.80 Å². The molecule has 0 saturated heterocycles. The summed E-state index contributed by atoms with van der Waals surface area (Å²) in [6, 6.07) is 5.13. The lowest BCUT2D eigenvalue weighted by Gasteiger charge is -2.32. The number of benzene rings is 1. The molecule has 0 aliphatic rings. The lowest BCUT2D eigenvalue weighted by atomic mass is 9.76. The zero-order valence-corrected chi connectivity index (χ0v) is 13.0. The highest BCUT2D eigenvalue weighted by atomic mass is 79.9. The first-order chi connectivity index (χ1) is 7.39. The van der Waals surface area contributed by atoms with Crippen molar-refractivity contribution in [2.75, 3.05) is 5.33 Å². The summed E-state index contributed by atoms with van der Waals surface area (Å²) in [7, 11) is 0. The molecule has 0 aliphatic heterocycles. The van der Waals surface area contributed by atoms with Crippen molar-refractivity contribution in [2.45, 2.75) is 27.2 Å². The minimum atomic E-state index is -0.115. The average molecular weight is 352 g/mol. The van der Waals surface area contributed by atoms with Crippen LogP contribution in [0.25, 0.3) is 0 Å². The van der Waals surface area contributed by atoms with Crippen molar-refractivity contribution in [3.8, 4) is 0 Å². The monoisotopic (exact) mass is 350 g/mol. The molecule has 0 heterocycles. The van der Waals surface area contributed by atoms with Crippen LogP contribution in [0, 0.1) is 17.2 Å². The van der Waals surface area contributed by atoms with Crippen molar-refractivity contribution in [2.24, 2.45) is 11.3 Å². The highest BCUT2D eigenvalue weighted by molar-refractivity contribution is 9.10. The molecule has 1 aromatic carbocycles. The van der Waals surface area contributed by atoms with Gasteiger partial charge in [-0.15, -0.1) is 0 Å². The fourth-order valence-electron chi connectivity index (χ4n) is 1.52. The van der Waals surface area contributed by atoms with Crippen LogP contribution in [0.1, 0.15) is 26.3 Å². The molecule has 0 fully saturated rings. The minimum absolute atomic E-state index is 0.0850. The molecule has 0 spiro atoms. The molecule has 0 bridgehead atoms. The van der Waals surface area contributed by atoms with Crippen molar-refractivity contribution in [1.29, 1.82) is 0 Å². The second kappa shape index (κ2) is 5.63. The molecule has 0 nitrogen and oxygen atoms in total. The quantitative estimate of drug-likeness (QED) is 0.655. The maximum absolute atomic E-state index is 13.7. The van der Waals surface area contributed by atoms with Gasteiger partial charge in [0.1, 0.15) is 5.82 Å². The van der Waals surface area contributed by atoms with Crippen molar-refractivity contribution >= 4 is 31.9 Å². The van der Waals surface area contributed by atoms with E-state index in [1.54, 1.807) is 6.07 Å². The lowest BCUT2D eigenvalue weighted by Crippen LogP contribution is -2.28. The Kier molecular flexibility index (Phi) is 4.99. The van der Waals surface area contributed by atoms with E-state index in [1.807, 2.05) is 6.07 Å². The standard InChI is InChI=1S/C13H17Br2F/c1-9(2)13(3,8-14)7-10-6-11(15)4-5-12(10)16/h4-6,9H,7-8H2,1-3H3. The average Bonchev–Trinajstić information content (AvgIpc) is 2.23. The second-order valence-corrected chi connectivity index (χ2v) is 6.33. The molecule has 1 atom stereocenters. The molecule has 1 rings (SSSR count). The van der Waals surface area contributed by atoms with Gasteiger partial charge in [0.15, 0.2) is 0 Å². The molecule has 1 unspecified atom stereocenters. The van der Waals surface area contributed by atoms with Crippen LogP contribution in [0.2, 0.25) is 0 Å². The first-order valence-electron chi connectivity index (χ1n) is 5.39. The Bertz CT molecular complexity index is 363. The van der Waals surface area contributed by atoms with E-state index in [9.17, 15) is 4.39 Å². The normalized spacial score (nSPS) is 15.2. The van der Waals surface area contributed by atoms with Crippen molar-refractivity contribution in [1.82, 2.24) is 0 Å². The topological polar surface area (TPSA) is 0 Å². The van der Waals surface area contributed by atoms with Gasteiger partial charge in [-0.05, 0) is 41.5 Å². The fraction of sp³-hybridized carbons (Fsp3) is 0.538. The van der Waals surface area contributed by atoms with Crippen molar-refractivity contribution in [3.05, 3.63) is 34.1 Å². The predicted molar refractivity (Wildman–Crippen MR) is 74.5 cm³/mol. The molecule has 3 heteroatoms. The van der Waals surface area contributed by atoms with Crippen LogP contribution in [0.4, 0.5) is 4.39 Å². The third-order valence-electron chi connectivity index (χ3n) is 3.30. The summed E-state index contributed by atoms with van der Waals surface area (Å²) in [5.41, 5.74) is 0.867. The van der Waals surface area contributed by atoms with Gasteiger partial charge in [-0.3, -0.25) is 0 Å². The molecule has 0 aromatic heterocycles. The molecule has 90 valence electrons. The Morgan fingerprint density at radius 1 is 1.38 bits per heavy atom. The number of hydrogen-bond donors (Lipinski definition) is 0. The van der Waals surface area contributed by atoms with Crippen LogP contribution in [-0.2, 0) is 6.42 Å². The zero-order chi connectivity index (χ0) is 12.3. The van der Waals surface area contributed by atoms with Gasteiger partial charge < -0.3 is 0 Å². The summed E-state index contributed by atoms with van der Waals surface area (Å²) in [5, 5.41) is 0.879. The predicted octanol–water partition coefficient (Wildman–Crippen LogP) is 5.19. The van der Waals surface area contributed by atoms with Gasteiger partial charge in [0.2, 0.25) is 0 Å². The first kappa shape index (κ1) is 14.2. The van der Waals surface area contributed by atoms with Gasteiger partial charge in [-0.25, -0.2) is 4.39 Å². The highest BCUT2D eigenvalue weighted by Crippen LogP contribution is 2.34. The summed E-state index contributed by atoms with van der Waals surface area (Å²) in [6.07, 6.45) is 0.751. The summed E-state index contributed by atoms with van der Waals surface area (Å²) >= 11 is 6.92. The Balaban J connectivity index is 2.98. The maximum atomic E-state index is 13.7. The second-order valence-electron chi connectivity index (χ2n) is 4.85. The van der Waals surface area contributed by atoms with E-state index in [2.05, 4.69) is 52.6 Å². The molecule has 0 saturated carbocycles. The van der Waals surface area contributed by atoms with Crippen molar-refractivity contribution < 1.29 is 4.39 Å². The number of rotatable bonds is 4. The van der Waals surface area contributed by atoms with Crippen LogP contribution in [0.3, 0.4) is 0 Å². The van der Waals surface area contributed by atoms with Gasteiger partial charge in [0.25, 0.3) is 0 Å². The summed E-state index contributed by atoms with van der Waals surface area (Å²) in [5.74, 6) is 0.390. The minimum Gasteiger partial charge on any atom is -0.207 e. The van der Waals surface area contributed by atoms with Gasteiger partial charge in [-0.2, -0.15) is 0 Å². The molecule has 0 N–H and O–H groups in total. The van der Waals surface area contributed by atoms with Crippen LogP contribution in [0.15, 0.2) is 22.7 Å². The number of hydrogen-bond acceptors (Lipinski definition) is 0. The molecule has 0 aliphatic carbocycles. The molecule has 0 radical (unpaired) electrons. The lowest BCUT2D eigenvalue weighted by molar-refractivity contribution is 0.255. The van der Waals surface area contributed by atoms with Gasteiger partial charge >= 0.3 is 0 Å². The zero-order valence-electron chi connectivity index (χ0n) is 9.86. The summed E-state index contributed by atoms with van der Waals surface area (Å²) in [6.45, 7) is 6.54. The molecule has 1 aromatic rings. The molecular weight excluding hydrogens is 335 g/mol. The van der Waals surface area contributed by atoms with Gasteiger partial charge in [-0.1, -0.05) is 52.6 Å². The van der Waals surface area contributed by atoms with E-state index in [0.717, 1.165) is 21.8 Å². The van der Waals surface area contributed by atoms with Crippen LogP contribution in [0.5, 0.6) is 0 Å². The largest absolute Gasteiger partial charge is 0.207 e. The highest BCUT2D eigenvalue weighted by Gasteiger charge is 2.28. The van der Waals surface area contributed by atoms with Crippen LogP contribution >= 0.6 is 31.9 Å². The third-order valence-corrected chi connectivity index (χ3v) is 5.08. The Morgan fingerprint density at radius 2 is 2.00 bits per heavy atom. The maximum Gasteiger partial charge on any atom is 0.126 e. The number of alkyl halides is 1. The molecular formula is C13H17Br2F. The van der Waals surface area contributed by atoms with E-state index in [-0.39, 0.29) is 11.2 Å². The third kappa shape index (κ3) is 3.30. The van der Waals surface area contributed by atoms with Gasteiger partial charge in [0.05, 0.1) is 0 Å². The Hall–Kier alpha value is 0.110. The van der Waals surface area contributed by atoms with E-state index in [0.29, 0.717) is 5.92 Å². The van der Waals surface area contributed by atoms with Crippen LogP contribution < -0.4 is 0 Å². The summed E-state index contributed by atoms with van der Waals surface area (Å²) < 4.78 is 14.6. The SMILES string of the molecule is CC(C)C(C)(CBr)Cc1cc(Br)ccc1F. The first-order valence-corrected chi connectivity index (χ1v) is 7.30. The van der Waals surface area contributed by atoms with E-state index < -0.39 is 0 Å².